The fourth-order valence-electron chi connectivity index (χ4n) is 1.51. The number of primary amides is 1. The topological polar surface area (TPSA) is 99.3 Å². The van der Waals surface area contributed by atoms with Gasteiger partial charge in [0.1, 0.15) is 16.5 Å². The van der Waals surface area contributed by atoms with E-state index >= 15 is 0 Å². The first-order valence-electron chi connectivity index (χ1n) is 5.46. The van der Waals surface area contributed by atoms with Crippen LogP contribution < -0.4 is 10.5 Å². The molecule has 9 heteroatoms. The summed E-state index contributed by atoms with van der Waals surface area (Å²) in [6, 6.07) is 5.81. The first-order valence-corrected chi connectivity index (χ1v) is 7.77. The van der Waals surface area contributed by atoms with Crippen molar-refractivity contribution in [2.24, 2.45) is 5.73 Å². The Kier molecular flexibility index (Phi) is 4.10. The molecule has 0 unspecified atom stereocenters. The first-order chi connectivity index (χ1) is 9.79. The number of rotatable bonds is 4. The molecule has 1 heterocycles. The van der Waals surface area contributed by atoms with Gasteiger partial charge in [-0.25, -0.2) is 17.8 Å². The molecule has 1 amide bonds. The Morgan fingerprint density at radius 3 is 2.62 bits per heavy atom. The highest BCUT2D eigenvalue weighted by Gasteiger charge is 2.19. The summed E-state index contributed by atoms with van der Waals surface area (Å²) >= 11 is 0. The largest absolute Gasteiger partial charge is 0.438 e. The average molecular weight is 331 g/mol. The number of carbonyl (C=O) groups is 1. The van der Waals surface area contributed by atoms with Crippen molar-refractivity contribution in [3.63, 3.8) is 0 Å². The number of halogens is 2. The van der Waals surface area contributed by atoms with Crippen LogP contribution in [0.5, 0.6) is 11.6 Å². The van der Waals surface area contributed by atoms with E-state index in [0.717, 1.165) is 12.1 Å². The lowest BCUT2D eigenvalue weighted by Gasteiger charge is -2.08. The van der Waals surface area contributed by atoms with Crippen LogP contribution in [0.3, 0.4) is 0 Å². The lowest BCUT2D eigenvalue weighted by molar-refractivity contribution is 0.0996. The van der Waals surface area contributed by atoms with Crippen LogP contribution in [0.25, 0.3) is 0 Å². The molecule has 0 saturated carbocycles. The molecule has 0 spiro atoms. The Labute approximate surface area is 123 Å². The molecule has 2 rings (SSSR count). The van der Waals surface area contributed by atoms with Gasteiger partial charge >= 0.3 is 0 Å². The molecule has 0 atom stereocenters. The predicted octanol–water partition coefficient (Wildman–Crippen LogP) is 2.04. The van der Waals surface area contributed by atoms with E-state index in [-0.39, 0.29) is 22.1 Å². The van der Waals surface area contributed by atoms with Crippen LogP contribution in [0.15, 0.2) is 41.4 Å². The Hall–Kier alpha value is -2.19. The van der Waals surface area contributed by atoms with Gasteiger partial charge in [-0.3, -0.25) is 4.79 Å². The lowest BCUT2D eigenvalue weighted by Crippen LogP contribution is -2.12. The fourth-order valence-corrected chi connectivity index (χ4v) is 2.41. The summed E-state index contributed by atoms with van der Waals surface area (Å²) < 4.78 is 41.5. The number of nitrogens with two attached hydrogens (primary N) is 1. The predicted molar refractivity (Wildman–Crippen MR) is 72.3 cm³/mol. The number of nitrogens with zero attached hydrogens (tertiary/aromatic N) is 1. The zero-order chi connectivity index (χ0) is 15.6. The van der Waals surface area contributed by atoms with Crippen molar-refractivity contribution < 1.29 is 22.3 Å². The highest BCUT2D eigenvalue weighted by molar-refractivity contribution is 8.13. The fraction of sp³-hybridized carbons (Fsp3) is 0. The number of benzene rings is 1. The van der Waals surface area contributed by atoms with Crippen LogP contribution in [0.1, 0.15) is 10.4 Å². The van der Waals surface area contributed by atoms with Crippen LogP contribution in [0.2, 0.25) is 0 Å². The van der Waals surface area contributed by atoms with Crippen molar-refractivity contribution in [3.05, 3.63) is 47.9 Å². The second kappa shape index (κ2) is 5.66. The van der Waals surface area contributed by atoms with E-state index in [2.05, 4.69) is 4.98 Å². The van der Waals surface area contributed by atoms with E-state index in [1.54, 1.807) is 0 Å². The molecule has 6 nitrogen and oxygen atoms in total. The van der Waals surface area contributed by atoms with Crippen LogP contribution >= 0.6 is 10.7 Å². The maximum atomic E-state index is 13.6. The summed E-state index contributed by atoms with van der Waals surface area (Å²) in [6.07, 6.45) is 1.29. The average Bonchev–Trinajstić information content (AvgIpc) is 2.37. The summed E-state index contributed by atoms with van der Waals surface area (Å²) in [5.74, 6) is -2.19. The number of hydrogen-bond acceptors (Lipinski definition) is 5. The number of amides is 1. The molecule has 110 valence electrons. The second-order valence-corrected chi connectivity index (χ2v) is 6.39. The van der Waals surface area contributed by atoms with Gasteiger partial charge < -0.3 is 10.5 Å². The van der Waals surface area contributed by atoms with Gasteiger partial charge in [-0.15, -0.1) is 0 Å². The minimum Gasteiger partial charge on any atom is -0.438 e. The molecule has 0 radical (unpaired) electrons. The standard InChI is InChI=1S/C12H8ClFN2O4S/c13-21(18,19)10-2-1-5-16-12(10)20-7-3-4-8(11(15)17)9(14)6-7/h1-6H,(H2,15,17). The number of ether oxygens (including phenoxy) is 1. The van der Waals surface area contributed by atoms with Gasteiger partial charge in [-0.1, -0.05) is 0 Å². The zero-order valence-electron chi connectivity index (χ0n) is 10.3. The Morgan fingerprint density at radius 1 is 1.33 bits per heavy atom. The first kappa shape index (κ1) is 15.2. The molecule has 0 aliphatic carbocycles. The van der Waals surface area contributed by atoms with Gasteiger partial charge in [0.05, 0.1) is 5.56 Å². The molecular formula is C12H8ClFN2O4S. The van der Waals surface area contributed by atoms with Gasteiger partial charge in [0, 0.05) is 22.9 Å². The molecule has 0 bridgehead atoms. The van der Waals surface area contributed by atoms with Gasteiger partial charge in [0.2, 0.25) is 5.88 Å². The van der Waals surface area contributed by atoms with E-state index in [1.807, 2.05) is 0 Å². The summed E-state index contributed by atoms with van der Waals surface area (Å²) in [7, 11) is 1.18. The smallest absolute Gasteiger partial charge is 0.266 e. The third kappa shape index (κ3) is 3.47. The van der Waals surface area contributed by atoms with Gasteiger partial charge in [0.25, 0.3) is 15.0 Å². The SMILES string of the molecule is NC(=O)c1ccc(Oc2ncccc2S(=O)(=O)Cl)cc1F. The Balaban J connectivity index is 2.40. The molecule has 2 aromatic rings. The van der Waals surface area contributed by atoms with E-state index in [0.29, 0.717) is 0 Å². The van der Waals surface area contributed by atoms with Crippen molar-refractivity contribution in [1.82, 2.24) is 4.98 Å². The quantitative estimate of drug-likeness (QED) is 0.865. The van der Waals surface area contributed by atoms with Crippen LogP contribution in [0.4, 0.5) is 4.39 Å². The van der Waals surface area contributed by atoms with E-state index in [1.165, 1.54) is 24.4 Å². The molecule has 0 fully saturated rings. The Morgan fingerprint density at radius 2 is 2.05 bits per heavy atom. The molecule has 0 aliphatic heterocycles. The van der Waals surface area contributed by atoms with Crippen molar-refractivity contribution in [2.75, 3.05) is 0 Å². The monoisotopic (exact) mass is 330 g/mol. The lowest BCUT2D eigenvalue weighted by atomic mass is 10.2. The summed E-state index contributed by atoms with van der Waals surface area (Å²) in [4.78, 5) is 14.3. The van der Waals surface area contributed by atoms with E-state index in [4.69, 9.17) is 21.2 Å². The molecule has 0 aliphatic rings. The summed E-state index contributed by atoms with van der Waals surface area (Å²) in [5.41, 5.74) is 4.66. The third-order valence-electron chi connectivity index (χ3n) is 2.42. The zero-order valence-corrected chi connectivity index (χ0v) is 11.9. The van der Waals surface area contributed by atoms with Gasteiger partial charge in [0.15, 0.2) is 0 Å². The molecular weight excluding hydrogens is 323 g/mol. The van der Waals surface area contributed by atoms with Gasteiger partial charge in [-0.2, -0.15) is 0 Å². The highest BCUT2D eigenvalue weighted by Crippen LogP contribution is 2.29. The molecule has 0 saturated heterocycles. The van der Waals surface area contributed by atoms with Crippen molar-refractivity contribution >= 4 is 25.6 Å². The highest BCUT2D eigenvalue weighted by atomic mass is 35.7. The van der Waals surface area contributed by atoms with Crippen LogP contribution in [0, 0.1) is 5.82 Å². The van der Waals surface area contributed by atoms with Crippen molar-refractivity contribution in [2.45, 2.75) is 4.90 Å². The third-order valence-corrected chi connectivity index (χ3v) is 3.75. The number of carbonyl (C=O) groups excluding carboxylic acids is 1. The summed E-state index contributed by atoms with van der Waals surface area (Å²) in [5, 5.41) is 0. The second-order valence-electron chi connectivity index (χ2n) is 3.85. The minimum absolute atomic E-state index is 0.0576. The van der Waals surface area contributed by atoms with Gasteiger partial charge in [-0.05, 0) is 24.3 Å². The van der Waals surface area contributed by atoms with Crippen molar-refractivity contribution in [3.8, 4) is 11.6 Å². The minimum atomic E-state index is -4.07. The summed E-state index contributed by atoms with van der Waals surface area (Å²) in [6.45, 7) is 0. The Bertz CT molecular complexity index is 811. The number of pyridine rings is 1. The molecule has 1 aromatic heterocycles. The van der Waals surface area contributed by atoms with E-state index < -0.39 is 20.8 Å². The maximum absolute atomic E-state index is 13.6. The number of aromatic nitrogens is 1. The number of hydrogen-bond donors (Lipinski definition) is 1. The molecule has 21 heavy (non-hydrogen) atoms. The van der Waals surface area contributed by atoms with Crippen LogP contribution in [-0.2, 0) is 9.05 Å². The van der Waals surface area contributed by atoms with Crippen LogP contribution in [-0.4, -0.2) is 19.3 Å². The molecule has 2 N–H and O–H groups in total. The van der Waals surface area contributed by atoms with E-state index in [9.17, 15) is 17.6 Å². The normalized spacial score (nSPS) is 11.1. The van der Waals surface area contributed by atoms with Crippen molar-refractivity contribution in [1.29, 1.82) is 0 Å². The molecule has 1 aromatic carbocycles. The maximum Gasteiger partial charge on any atom is 0.266 e.